The monoisotopic (exact) mass is 383 g/mol. The molecule has 0 spiro atoms. The lowest BCUT2D eigenvalue weighted by molar-refractivity contribution is -0.130. The van der Waals surface area contributed by atoms with E-state index in [1.165, 1.54) is 32.8 Å². The first-order valence-corrected chi connectivity index (χ1v) is 9.18. The van der Waals surface area contributed by atoms with Crippen LogP contribution in [0.5, 0.6) is 11.5 Å². The first kappa shape index (κ1) is 20.4. The number of amides is 1. The second kappa shape index (κ2) is 9.12. The molecule has 1 aromatic carbocycles. The van der Waals surface area contributed by atoms with Gasteiger partial charge in [-0.3, -0.25) is 4.79 Å². The molecule has 1 aliphatic carbocycles. The number of halogens is 1. The van der Waals surface area contributed by atoms with Crippen molar-refractivity contribution < 1.29 is 23.8 Å². The summed E-state index contributed by atoms with van der Waals surface area (Å²) >= 11 is 6.11. The van der Waals surface area contributed by atoms with Gasteiger partial charge in [0.2, 0.25) is 0 Å². The van der Waals surface area contributed by atoms with Gasteiger partial charge in [0.05, 0.1) is 24.8 Å². The normalized spacial score (nSPS) is 20.8. The molecule has 26 heavy (non-hydrogen) atoms. The van der Waals surface area contributed by atoms with Gasteiger partial charge in [0.15, 0.2) is 17.6 Å². The fourth-order valence-electron chi connectivity index (χ4n) is 3.15. The summed E-state index contributed by atoms with van der Waals surface area (Å²) in [6.07, 6.45) is 3.46. The van der Waals surface area contributed by atoms with Crippen LogP contribution in [0.25, 0.3) is 0 Å². The zero-order valence-electron chi connectivity index (χ0n) is 15.6. The largest absolute Gasteiger partial charge is 0.493 e. The van der Waals surface area contributed by atoms with E-state index in [0.717, 1.165) is 19.3 Å². The van der Waals surface area contributed by atoms with E-state index in [2.05, 4.69) is 12.2 Å². The molecule has 0 saturated heterocycles. The summed E-state index contributed by atoms with van der Waals surface area (Å²) in [4.78, 5) is 24.7. The third-order valence-electron chi connectivity index (χ3n) is 4.76. The van der Waals surface area contributed by atoms with E-state index in [-0.39, 0.29) is 22.5 Å². The van der Waals surface area contributed by atoms with Gasteiger partial charge in [-0.1, -0.05) is 31.4 Å². The average molecular weight is 384 g/mol. The lowest BCUT2D eigenvalue weighted by Crippen LogP contribution is -2.45. The first-order chi connectivity index (χ1) is 12.4. The highest BCUT2D eigenvalue weighted by atomic mass is 35.5. The maximum Gasteiger partial charge on any atom is 0.339 e. The fraction of sp³-hybridized carbons (Fsp3) is 0.579. The van der Waals surface area contributed by atoms with E-state index in [1.54, 1.807) is 6.92 Å². The third-order valence-corrected chi connectivity index (χ3v) is 5.04. The minimum atomic E-state index is -0.900. The Morgan fingerprint density at radius 3 is 2.50 bits per heavy atom. The SMILES string of the molecule is COc1cc(C(=O)OC(C)C(=O)NC2CCCCC2C)cc(Cl)c1OC. The van der Waals surface area contributed by atoms with Crippen LogP contribution in [-0.4, -0.2) is 38.2 Å². The lowest BCUT2D eigenvalue weighted by atomic mass is 9.86. The Kier molecular flexibility index (Phi) is 7.14. The van der Waals surface area contributed by atoms with Crippen LogP contribution < -0.4 is 14.8 Å². The van der Waals surface area contributed by atoms with E-state index in [9.17, 15) is 9.59 Å². The van der Waals surface area contributed by atoms with Crippen molar-refractivity contribution in [2.75, 3.05) is 14.2 Å². The molecule has 0 heterocycles. The van der Waals surface area contributed by atoms with E-state index < -0.39 is 12.1 Å². The van der Waals surface area contributed by atoms with Crippen molar-refractivity contribution >= 4 is 23.5 Å². The molecule has 1 aliphatic rings. The van der Waals surface area contributed by atoms with E-state index in [0.29, 0.717) is 17.4 Å². The molecule has 0 radical (unpaired) electrons. The van der Waals surface area contributed by atoms with Crippen molar-refractivity contribution in [2.24, 2.45) is 5.92 Å². The van der Waals surface area contributed by atoms with Gasteiger partial charge in [-0.05, 0) is 37.8 Å². The molecular weight excluding hydrogens is 358 g/mol. The van der Waals surface area contributed by atoms with Crippen LogP contribution in [0.4, 0.5) is 0 Å². The standard InChI is InChI=1S/C19H26ClNO5/c1-11-7-5-6-8-15(11)21-18(22)12(2)26-19(23)13-9-14(20)17(25-4)16(10-13)24-3/h9-12,15H,5-8H2,1-4H3,(H,21,22). The van der Waals surface area contributed by atoms with Crippen LogP contribution in [0.15, 0.2) is 12.1 Å². The predicted octanol–water partition coefficient (Wildman–Crippen LogP) is 3.60. The highest BCUT2D eigenvalue weighted by molar-refractivity contribution is 6.32. The quantitative estimate of drug-likeness (QED) is 0.760. The molecule has 6 nitrogen and oxygen atoms in total. The molecule has 1 saturated carbocycles. The van der Waals surface area contributed by atoms with Gasteiger partial charge in [0.1, 0.15) is 0 Å². The Morgan fingerprint density at radius 1 is 1.19 bits per heavy atom. The topological polar surface area (TPSA) is 73.9 Å². The van der Waals surface area contributed by atoms with E-state index in [4.69, 9.17) is 25.8 Å². The van der Waals surface area contributed by atoms with Gasteiger partial charge in [-0.15, -0.1) is 0 Å². The molecule has 3 unspecified atom stereocenters. The number of methoxy groups -OCH3 is 2. The Labute approximate surface area is 159 Å². The molecule has 1 fully saturated rings. The number of carbonyl (C=O) groups excluding carboxylic acids is 2. The summed E-state index contributed by atoms with van der Waals surface area (Å²) in [6, 6.07) is 3.04. The maximum absolute atomic E-state index is 12.4. The van der Waals surface area contributed by atoms with Crippen molar-refractivity contribution in [3.05, 3.63) is 22.7 Å². The van der Waals surface area contributed by atoms with Crippen molar-refractivity contribution in [1.82, 2.24) is 5.32 Å². The first-order valence-electron chi connectivity index (χ1n) is 8.80. The second-order valence-corrected chi connectivity index (χ2v) is 7.03. The van der Waals surface area contributed by atoms with Crippen molar-refractivity contribution in [1.29, 1.82) is 0 Å². The Bertz CT molecular complexity index is 664. The number of benzene rings is 1. The second-order valence-electron chi connectivity index (χ2n) is 6.62. The minimum absolute atomic E-state index is 0.132. The molecule has 1 N–H and O–H groups in total. The van der Waals surface area contributed by atoms with Gasteiger partial charge < -0.3 is 19.5 Å². The van der Waals surface area contributed by atoms with Crippen LogP contribution in [0.3, 0.4) is 0 Å². The smallest absolute Gasteiger partial charge is 0.339 e. The number of hydrogen-bond donors (Lipinski definition) is 1. The van der Waals surface area contributed by atoms with Crippen LogP contribution in [0, 0.1) is 5.92 Å². The molecule has 1 aromatic rings. The Morgan fingerprint density at radius 2 is 1.88 bits per heavy atom. The Hall–Kier alpha value is -1.95. The van der Waals surface area contributed by atoms with E-state index >= 15 is 0 Å². The van der Waals surface area contributed by atoms with Crippen LogP contribution in [0.2, 0.25) is 5.02 Å². The summed E-state index contributed by atoms with van der Waals surface area (Å²) < 4.78 is 15.6. The van der Waals surface area contributed by atoms with Crippen molar-refractivity contribution in [3.8, 4) is 11.5 Å². The highest BCUT2D eigenvalue weighted by Crippen LogP contribution is 2.36. The zero-order chi connectivity index (χ0) is 19.3. The van der Waals surface area contributed by atoms with Gasteiger partial charge in [-0.2, -0.15) is 0 Å². The molecule has 144 valence electrons. The van der Waals surface area contributed by atoms with Gasteiger partial charge in [0.25, 0.3) is 5.91 Å². The number of carbonyl (C=O) groups is 2. The number of ether oxygens (including phenoxy) is 3. The van der Waals surface area contributed by atoms with Crippen molar-refractivity contribution in [2.45, 2.75) is 51.7 Å². The molecule has 3 atom stereocenters. The van der Waals surface area contributed by atoms with Crippen molar-refractivity contribution in [3.63, 3.8) is 0 Å². The number of nitrogens with one attached hydrogen (secondary N) is 1. The molecule has 7 heteroatoms. The molecule has 1 amide bonds. The average Bonchev–Trinajstić information content (AvgIpc) is 2.62. The molecule has 0 aromatic heterocycles. The Balaban J connectivity index is 2.02. The molecule has 2 rings (SSSR count). The zero-order valence-corrected chi connectivity index (χ0v) is 16.4. The lowest BCUT2D eigenvalue weighted by Gasteiger charge is -2.30. The number of esters is 1. The van der Waals surface area contributed by atoms with Gasteiger partial charge >= 0.3 is 5.97 Å². The molecule has 0 aliphatic heterocycles. The third kappa shape index (κ3) is 4.81. The van der Waals surface area contributed by atoms with Gasteiger partial charge in [0, 0.05) is 6.04 Å². The molecule has 0 bridgehead atoms. The summed E-state index contributed by atoms with van der Waals surface area (Å²) in [5.74, 6) is 0.152. The maximum atomic E-state index is 12.4. The van der Waals surface area contributed by atoms with Crippen LogP contribution >= 0.6 is 11.6 Å². The minimum Gasteiger partial charge on any atom is -0.493 e. The van der Waals surface area contributed by atoms with Crippen LogP contribution in [-0.2, 0) is 9.53 Å². The van der Waals surface area contributed by atoms with Gasteiger partial charge in [-0.25, -0.2) is 4.79 Å². The highest BCUT2D eigenvalue weighted by Gasteiger charge is 2.27. The summed E-state index contributed by atoms with van der Waals surface area (Å²) in [5, 5.41) is 3.22. The molecular formula is C19H26ClNO5. The summed E-state index contributed by atoms with van der Waals surface area (Å²) in [7, 11) is 2.91. The number of rotatable bonds is 6. The van der Waals surface area contributed by atoms with E-state index in [1.807, 2.05) is 0 Å². The number of hydrogen-bond acceptors (Lipinski definition) is 5. The predicted molar refractivity (Wildman–Crippen MR) is 99.0 cm³/mol. The van der Waals surface area contributed by atoms with Crippen LogP contribution in [0.1, 0.15) is 49.9 Å². The summed E-state index contributed by atoms with van der Waals surface area (Å²) in [5.41, 5.74) is 0.193. The fourth-order valence-corrected chi connectivity index (χ4v) is 3.44. The summed E-state index contributed by atoms with van der Waals surface area (Å²) in [6.45, 7) is 3.69.